The molecule has 1 aromatic heterocycles. The van der Waals surface area contributed by atoms with Gasteiger partial charge in [0.1, 0.15) is 12.4 Å². The van der Waals surface area contributed by atoms with E-state index in [-0.39, 0.29) is 35.5 Å². The van der Waals surface area contributed by atoms with Crippen LogP contribution in [0.2, 0.25) is 5.02 Å². The number of para-hydroxylation sites is 1. The molecular weight excluding hydrogens is 451 g/mol. The lowest BCUT2D eigenvalue weighted by molar-refractivity contribution is -0.121. The highest BCUT2D eigenvalue weighted by atomic mass is 35.5. The summed E-state index contributed by atoms with van der Waals surface area (Å²) in [5, 5.41) is 3.88. The average Bonchev–Trinajstić information content (AvgIpc) is 3.14. The maximum absolute atomic E-state index is 13.2. The summed E-state index contributed by atoms with van der Waals surface area (Å²) in [4.78, 5) is 12.7. The lowest BCUT2D eigenvalue weighted by Crippen LogP contribution is -2.26. The summed E-state index contributed by atoms with van der Waals surface area (Å²) >= 11 is 5.89. The van der Waals surface area contributed by atoms with Crippen LogP contribution in [0.25, 0.3) is 10.9 Å². The van der Waals surface area contributed by atoms with E-state index in [9.17, 15) is 17.6 Å². The zero-order valence-electron chi connectivity index (χ0n) is 17.0. The van der Waals surface area contributed by atoms with Gasteiger partial charge in [-0.25, -0.2) is 12.8 Å². The summed E-state index contributed by atoms with van der Waals surface area (Å²) in [5.74, 6) is -0.794. The maximum Gasteiger partial charge on any atom is 0.240 e. The van der Waals surface area contributed by atoms with Crippen LogP contribution < -0.4 is 5.32 Å². The van der Waals surface area contributed by atoms with Crippen LogP contribution in [0.3, 0.4) is 0 Å². The Morgan fingerprint density at radius 2 is 1.59 bits per heavy atom. The van der Waals surface area contributed by atoms with E-state index in [1.54, 1.807) is 65.2 Å². The largest absolute Gasteiger partial charge is 0.350 e. The van der Waals surface area contributed by atoms with Gasteiger partial charge in [0.25, 0.3) is 0 Å². The SMILES string of the molecule is O=C(Cn1cc(S(=O)(=O)Cc2ccc(Cl)cc2)c2ccccc21)NCc1ccc(F)cc1. The van der Waals surface area contributed by atoms with Gasteiger partial charge in [-0.05, 0) is 41.5 Å². The van der Waals surface area contributed by atoms with Crippen molar-refractivity contribution in [1.82, 2.24) is 9.88 Å². The molecule has 4 aromatic rings. The predicted molar refractivity (Wildman–Crippen MR) is 123 cm³/mol. The van der Waals surface area contributed by atoms with Gasteiger partial charge in [-0.3, -0.25) is 4.79 Å². The Morgan fingerprint density at radius 3 is 2.31 bits per heavy atom. The molecule has 0 aliphatic heterocycles. The highest BCUT2D eigenvalue weighted by Crippen LogP contribution is 2.28. The molecule has 8 heteroatoms. The van der Waals surface area contributed by atoms with Crippen molar-refractivity contribution in [3.8, 4) is 0 Å². The second kappa shape index (κ2) is 9.14. The number of nitrogens with zero attached hydrogens (tertiary/aromatic N) is 1. The Kier molecular flexibility index (Phi) is 6.30. The Bertz CT molecular complexity index is 1360. The summed E-state index contributed by atoms with van der Waals surface area (Å²) in [6.45, 7) is 0.207. The molecule has 164 valence electrons. The van der Waals surface area contributed by atoms with Gasteiger partial charge in [0.2, 0.25) is 5.91 Å². The van der Waals surface area contributed by atoms with E-state index in [1.165, 1.54) is 18.3 Å². The Labute approximate surface area is 190 Å². The fraction of sp³-hybridized carbons (Fsp3) is 0.125. The first-order valence-corrected chi connectivity index (χ1v) is 11.9. The monoisotopic (exact) mass is 470 g/mol. The number of carbonyl (C=O) groups excluding carboxylic acids is 1. The average molecular weight is 471 g/mol. The molecule has 5 nitrogen and oxygen atoms in total. The smallest absolute Gasteiger partial charge is 0.240 e. The van der Waals surface area contributed by atoms with Crippen molar-refractivity contribution in [2.45, 2.75) is 23.7 Å². The highest BCUT2D eigenvalue weighted by Gasteiger charge is 2.22. The highest BCUT2D eigenvalue weighted by molar-refractivity contribution is 7.90. The molecule has 1 amide bonds. The van der Waals surface area contributed by atoms with Crippen molar-refractivity contribution < 1.29 is 17.6 Å². The summed E-state index contributed by atoms with van der Waals surface area (Å²) in [6.07, 6.45) is 1.51. The van der Waals surface area contributed by atoms with E-state index in [0.29, 0.717) is 21.5 Å². The fourth-order valence-corrected chi connectivity index (χ4v) is 5.19. The van der Waals surface area contributed by atoms with Crippen molar-refractivity contribution in [1.29, 1.82) is 0 Å². The number of hydrogen-bond acceptors (Lipinski definition) is 3. The molecule has 1 N–H and O–H groups in total. The summed E-state index contributed by atoms with van der Waals surface area (Å²) in [7, 11) is -3.66. The van der Waals surface area contributed by atoms with E-state index in [0.717, 1.165) is 5.56 Å². The Hall–Kier alpha value is -3.16. The molecule has 0 unspecified atom stereocenters. The third-order valence-electron chi connectivity index (χ3n) is 5.07. The van der Waals surface area contributed by atoms with Crippen molar-refractivity contribution in [2.75, 3.05) is 0 Å². The molecule has 32 heavy (non-hydrogen) atoms. The zero-order valence-corrected chi connectivity index (χ0v) is 18.5. The number of aromatic nitrogens is 1. The summed E-state index contributed by atoms with van der Waals surface area (Å²) in [6, 6.07) is 19.6. The van der Waals surface area contributed by atoms with Gasteiger partial charge in [-0.15, -0.1) is 0 Å². The van der Waals surface area contributed by atoms with E-state index in [1.807, 2.05) is 0 Å². The van der Waals surface area contributed by atoms with Crippen LogP contribution in [0.1, 0.15) is 11.1 Å². The number of fused-ring (bicyclic) bond motifs is 1. The molecule has 0 bridgehead atoms. The van der Waals surface area contributed by atoms with Crippen LogP contribution in [-0.2, 0) is 33.5 Å². The number of hydrogen-bond donors (Lipinski definition) is 1. The van der Waals surface area contributed by atoms with E-state index in [2.05, 4.69) is 5.32 Å². The minimum absolute atomic E-state index is 0.0435. The second-order valence-electron chi connectivity index (χ2n) is 7.43. The quantitative estimate of drug-likeness (QED) is 0.425. The van der Waals surface area contributed by atoms with Crippen LogP contribution in [-0.4, -0.2) is 18.9 Å². The number of sulfone groups is 1. The van der Waals surface area contributed by atoms with Crippen LogP contribution in [0.5, 0.6) is 0 Å². The van der Waals surface area contributed by atoms with E-state index >= 15 is 0 Å². The van der Waals surface area contributed by atoms with Gasteiger partial charge in [-0.2, -0.15) is 0 Å². The van der Waals surface area contributed by atoms with Crippen LogP contribution in [0.4, 0.5) is 4.39 Å². The molecule has 0 fully saturated rings. The maximum atomic E-state index is 13.2. The number of benzene rings is 3. The topological polar surface area (TPSA) is 68.2 Å². The third kappa shape index (κ3) is 5.00. The molecule has 0 spiro atoms. The number of amides is 1. The van der Waals surface area contributed by atoms with Crippen molar-refractivity contribution in [3.63, 3.8) is 0 Å². The fourth-order valence-electron chi connectivity index (χ4n) is 3.48. The van der Waals surface area contributed by atoms with Gasteiger partial charge in [-0.1, -0.05) is 54.1 Å². The number of halogens is 2. The summed E-state index contributed by atoms with van der Waals surface area (Å²) in [5.41, 5.74) is 2.05. The number of carbonyl (C=O) groups is 1. The van der Waals surface area contributed by atoms with Crippen molar-refractivity contribution in [2.24, 2.45) is 0 Å². The Balaban J connectivity index is 1.56. The lowest BCUT2D eigenvalue weighted by atomic mass is 10.2. The van der Waals surface area contributed by atoms with Crippen molar-refractivity contribution in [3.05, 3.63) is 101 Å². The van der Waals surface area contributed by atoms with Crippen LogP contribution in [0.15, 0.2) is 83.9 Å². The summed E-state index contributed by atoms with van der Waals surface area (Å²) < 4.78 is 41.0. The standard InChI is InChI=1S/C24H20ClFN2O3S/c25-19-9-5-18(6-10-19)16-32(30,31)23-14-28(22-4-2-1-3-21(22)23)15-24(29)27-13-17-7-11-20(26)12-8-17/h1-12,14H,13,15-16H2,(H,27,29). The molecule has 1 heterocycles. The van der Waals surface area contributed by atoms with Gasteiger partial charge >= 0.3 is 0 Å². The molecule has 4 rings (SSSR count). The molecule has 3 aromatic carbocycles. The van der Waals surface area contributed by atoms with Gasteiger partial charge in [0.05, 0.1) is 10.6 Å². The zero-order chi connectivity index (χ0) is 22.7. The predicted octanol–water partition coefficient (Wildman–Crippen LogP) is 4.72. The molecule has 0 atom stereocenters. The van der Waals surface area contributed by atoms with E-state index < -0.39 is 9.84 Å². The number of nitrogens with one attached hydrogen (secondary N) is 1. The molecule has 0 aliphatic rings. The Morgan fingerprint density at radius 1 is 0.938 bits per heavy atom. The van der Waals surface area contributed by atoms with Crippen LogP contribution in [0, 0.1) is 5.82 Å². The third-order valence-corrected chi connectivity index (χ3v) is 7.03. The first-order valence-electron chi connectivity index (χ1n) is 9.88. The van der Waals surface area contributed by atoms with Crippen LogP contribution >= 0.6 is 11.6 Å². The van der Waals surface area contributed by atoms with Gasteiger partial charge < -0.3 is 9.88 Å². The minimum Gasteiger partial charge on any atom is -0.350 e. The van der Waals surface area contributed by atoms with Gasteiger partial charge in [0.15, 0.2) is 9.84 Å². The molecule has 0 radical (unpaired) electrons. The second-order valence-corrected chi connectivity index (χ2v) is 9.82. The molecule has 0 aliphatic carbocycles. The first-order chi connectivity index (χ1) is 15.3. The number of rotatable bonds is 7. The normalized spacial score (nSPS) is 11.6. The van der Waals surface area contributed by atoms with Crippen molar-refractivity contribution >= 4 is 38.2 Å². The molecule has 0 saturated carbocycles. The van der Waals surface area contributed by atoms with Gasteiger partial charge in [0, 0.05) is 28.7 Å². The molecule has 0 saturated heterocycles. The molecular formula is C24H20ClFN2O3S. The minimum atomic E-state index is -3.66. The van der Waals surface area contributed by atoms with E-state index in [4.69, 9.17) is 11.6 Å². The first kappa shape index (κ1) is 22.0. The lowest BCUT2D eigenvalue weighted by Gasteiger charge is -2.07.